The average Bonchev–Trinajstić information content (AvgIpc) is 2.59. The zero-order valence-corrected chi connectivity index (χ0v) is 13.0. The van der Waals surface area contributed by atoms with Gasteiger partial charge >= 0.3 is 0 Å². The molecule has 3 aromatic carbocycles. The molecule has 0 saturated heterocycles. The molecule has 0 aliphatic rings. The standard InChI is InChI=1S/C20H20FNO/c1-22-13-19(20(23)15-8-10-18(21)11-9-15)17-7-6-14-4-2-3-5-16(14)12-17/h2-12,19-20,22-23H,13H2,1H3/t19-,20-/m1/s1. The number of benzene rings is 3. The van der Waals surface area contributed by atoms with E-state index in [0.717, 1.165) is 16.5 Å². The summed E-state index contributed by atoms with van der Waals surface area (Å²) in [6.07, 6.45) is -0.691. The minimum atomic E-state index is -0.691. The second-order valence-electron chi connectivity index (χ2n) is 5.77. The maximum atomic E-state index is 13.1. The minimum Gasteiger partial charge on any atom is -0.388 e. The van der Waals surface area contributed by atoms with Crippen LogP contribution in [0.1, 0.15) is 23.1 Å². The van der Waals surface area contributed by atoms with Crippen molar-refractivity contribution in [2.45, 2.75) is 12.0 Å². The van der Waals surface area contributed by atoms with E-state index in [4.69, 9.17) is 0 Å². The Balaban J connectivity index is 1.97. The number of rotatable bonds is 5. The summed E-state index contributed by atoms with van der Waals surface area (Å²) in [4.78, 5) is 0. The SMILES string of the molecule is CNC[C@H](c1ccc2ccccc2c1)[C@H](O)c1ccc(F)cc1. The van der Waals surface area contributed by atoms with Crippen LogP contribution in [-0.2, 0) is 0 Å². The van der Waals surface area contributed by atoms with Crippen molar-refractivity contribution in [3.63, 3.8) is 0 Å². The molecule has 3 heteroatoms. The second-order valence-corrected chi connectivity index (χ2v) is 5.77. The van der Waals surface area contributed by atoms with Gasteiger partial charge in [-0.1, -0.05) is 54.6 Å². The molecule has 0 spiro atoms. The van der Waals surface area contributed by atoms with Crippen molar-refractivity contribution < 1.29 is 9.50 Å². The van der Waals surface area contributed by atoms with Gasteiger partial charge in [-0.15, -0.1) is 0 Å². The van der Waals surface area contributed by atoms with E-state index in [1.165, 1.54) is 17.5 Å². The predicted octanol–water partition coefficient (Wildman–Crippen LogP) is 4.02. The van der Waals surface area contributed by atoms with Crippen molar-refractivity contribution in [2.75, 3.05) is 13.6 Å². The fourth-order valence-electron chi connectivity index (χ4n) is 2.96. The molecule has 0 amide bonds. The van der Waals surface area contributed by atoms with E-state index >= 15 is 0 Å². The van der Waals surface area contributed by atoms with Crippen molar-refractivity contribution >= 4 is 10.8 Å². The van der Waals surface area contributed by atoms with Gasteiger partial charge in [-0.3, -0.25) is 0 Å². The smallest absolute Gasteiger partial charge is 0.123 e. The summed E-state index contributed by atoms with van der Waals surface area (Å²) in [7, 11) is 1.87. The Hall–Kier alpha value is -2.23. The van der Waals surface area contributed by atoms with Gasteiger partial charge in [0.1, 0.15) is 5.82 Å². The highest BCUT2D eigenvalue weighted by atomic mass is 19.1. The molecule has 2 atom stereocenters. The summed E-state index contributed by atoms with van der Waals surface area (Å²) >= 11 is 0. The fraction of sp³-hybridized carbons (Fsp3) is 0.200. The van der Waals surface area contributed by atoms with Crippen LogP contribution in [0, 0.1) is 5.82 Å². The van der Waals surface area contributed by atoms with E-state index in [-0.39, 0.29) is 11.7 Å². The molecule has 0 heterocycles. The van der Waals surface area contributed by atoms with Gasteiger partial charge in [0.15, 0.2) is 0 Å². The Morgan fingerprint density at radius 1 is 0.913 bits per heavy atom. The zero-order valence-electron chi connectivity index (χ0n) is 13.0. The average molecular weight is 309 g/mol. The number of nitrogens with one attached hydrogen (secondary N) is 1. The Labute approximate surface area is 135 Å². The molecule has 0 bridgehead atoms. The number of halogens is 1. The van der Waals surface area contributed by atoms with Crippen LogP contribution < -0.4 is 5.32 Å². The van der Waals surface area contributed by atoms with Crippen LogP contribution in [0.25, 0.3) is 10.8 Å². The molecular weight excluding hydrogens is 289 g/mol. The van der Waals surface area contributed by atoms with E-state index in [1.54, 1.807) is 12.1 Å². The van der Waals surface area contributed by atoms with Crippen molar-refractivity contribution in [1.29, 1.82) is 0 Å². The minimum absolute atomic E-state index is 0.102. The van der Waals surface area contributed by atoms with Gasteiger partial charge in [-0.05, 0) is 41.1 Å². The molecule has 118 valence electrons. The van der Waals surface area contributed by atoms with E-state index in [9.17, 15) is 9.50 Å². The largest absolute Gasteiger partial charge is 0.388 e. The van der Waals surface area contributed by atoms with Crippen LogP contribution >= 0.6 is 0 Å². The Morgan fingerprint density at radius 2 is 1.57 bits per heavy atom. The van der Waals surface area contributed by atoms with E-state index in [2.05, 4.69) is 35.6 Å². The van der Waals surface area contributed by atoms with Crippen molar-refractivity contribution in [1.82, 2.24) is 5.32 Å². The molecule has 0 unspecified atom stereocenters. The quantitative estimate of drug-likeness (QED) is 0.746. The highest BCUT2D eigenvalue weighted by Crippen LogP contribution is 2.32. The lowest BCUT2D eigenvalue weighted by molar-refractivity contribution is 0.144. The number of aliphatic hydroxyl groups excluding tert-OH is 1. The molecule has 2 N–H and O–H groups in total. The molecule has 0 aliphatic carbocycles. The summed E-state index contributed by atoms with van der Waals surface area (Å²) in [5.74, 6) is -0.396. The fourth-order valence-corrected chi connectivity index (χ4v) is 2.96. The van der Waals surface area contributed by atoms with Crippen LogP contribution in [0.4, 0.5) is 4.39 Å². The third-order valence-corrected chi connectivity index (χ3v) is 4.22. The zero-order chi connectivity index (χ0) is 16.2. The van der Waals surface area contributed by atoms with Crippen molar-refractivity contribution in [3.05, 3.63) is 83.7 Å². The van der Waals surface area contributed by atoms with Gasteiger partial charge in [0, 0.05) is 12.5 Å². The molecule has 3 aromatic rings. The molecular formula is C20H20FNO. The van der Waals surface area contributed by atoms with Gasteiger partial charge in [-0.2, -0.15) is 0 Å². The third-order valence-electron chi connectivity index (χ3n) is 4.22. The van der Waals surface area contributed by atoms with Crippen LogP contribution in [0.2, 0.25) is 0 Å². The van der Waals surface area contributed by atoms with Gasteiger partial charge in [0.2, 0.25) is 0 Å². The van der Waals surface area contributed by atoms with Crippen LogP contribution in [0.3, 0.4) is 0 Å². The summed E-state index contributed by atoms with van der Waals surface area (Å²) < 4.78 is 13.1. The van der Waals surface area contributed by atoms with E-state index in [1.807, 2.05) is 19.2 Å². The molecule has 0 aromatic heterocycles. The highest BCUT2D eigenvalue weighted by molar-refractivity contribution is 5.83. The molecule has 23 heavy (non-hydrogen) atoms. The van der Waals surface area contributed by atoms with Crippen LogP contribution in [0.15, 0.2) is 66.7 Å². The maximum Gasteiger partial charge on any atom is 0.123 e. The van der Waals surface area contributed by atoms with E-state index < -0.39 is 6.10 Å². The summed E-state index contributed by atoms with van der Waals surface area (Å²) in [6.45, 7) is 0.636. The predicted molar refractivity (Wildman–Crippen MR) is 92.0 cm³/mol. The molecule has 0 saturated carbocycles. The molecule has 3 rings (SSSR count). The monoisotopic (exact) mass is 309 g/mol. The lowest BCUT2D eigenvalue weighted by Crippen LogP contribution is -2.23. The van der Waals surface area contributed by atoms with Crippen molar-refractivity contribution in [3.8, 4) is 0 Å². The van der Waals surface area contributed by atoms with Crippen LogP contribution in [-0.4, -0.2) is 18.7 Å². The first-order valence-electron chi connectivity index (χ1n) is 7.76. The first-order chi connectivity index (χ1) is 11.2. The highest BCUT2D eigenvalue weighted by Gasteiger charge is 2.22. The topological polar surface area (TPSA) is 32.3 Å². The summed E-state index contributed by atoms with van der Waals surface area (Å²) in [6, 6.07) is 20.5. The Morgan fingerprint density at radius 3 is 2.26 bits per heavy atom. The number of hydrogen-bond acceptors (Lipinski definition) is 2. The van der Waals surface area contributed by atoms with Gasteiger partial charge < -0.3 is 10.4 Å². The molecule has 0 aliphatic heterocycles. The van der Waals surface area contributed by atoms with Gasteiger partial charge in [-0.25, -0.2) is 4.39 Å². The number of aliphatic hydroxyl groups is 1. The van der Waals surface area contributed by atoms with Crippen LogP contribution in [0.5, 0.6) is 0 Å². The first-order valence-corrected chi connectivity index (χ1v) is 7.76. The van der Waals surface area contributed by atoms with Gasteiger partial charge in [0.05, 0.1) is 6.10 Å². The molecule has 0 radical (unpaired) electrons. The second kappa shape index (κ2) is 6.90. The Kier molecular flexibility index (Phi) is 4.70. The lowest BCUT2D eigenvalue weighted by Gasteiger charge is -2.24. The summed E-state index contributed by atoms with van der Waals surface area (Å²) in [5, 5.41) is 16.2. The number of hydrogen-bond donors (Lipinski definition) is 2. The molecule has 0 fully saturated rings. The Bertz CT molecular complexity index is 785. The lowest BCUT2D eigenvalue weighted by atomic mass is 9.88. The normalized spacial score (nSPS) is 13.9. The molecule has 2 nitrogen and oxygen atoms in total. The van der Waals surface area contributed by atoms with E-state index in [0.29, 0.717) is 6.54 Å². The number of likely N-dealkylation sites (N-methyl/N-ethyl adjacent to an activating group) is 1. The van der Waals surface area contributed by atoms with Gasteiger partial charge in [0.25, 0.3) is 0 Å². The number of fused-ring (bicyclic) bond motifs is 1. The third kappa shape index (κ3) is 3.41. The maximum absolute atomic E-state index is 13.1. The van der Waals surface area contributed by atoms with Crippen molar-refractivity contribution in [2.24, 2.45) is 0 Å². The summed E-state index contributed by atoms with van der Waals surface area (Å²) in [5.41, 5.74) is 1.79. The first kappa shape index (κ1) is 15.7.